The molecule has 1 atom stereocenters. The summed E-state index contributed by atoms with van der Waals surface area (Å²) in [7, 11) is 0. The third-order valence-electron chi connectivity index (χ3n) is 1.92. The molecule has 0 fully saturated rings. The van der Waals surface area contributed by atoms with Crippen LogP contribution in [0.1, 0.15) is 19.0 Å². The van der Waals surface area contributed by atoms with Gasteiger partial charge in [-0.2, -0.15) is 0 Å². The largest absolute Gasteiger partial charge is 0.465 e. The molecular weight excluding hydrogens is 194 g/mol. The van der Waals surface area contributed by atoms with E-state index in [2.05, 4.69) is 9.97 Å². The summed E-state index contributed by atoms with van der Waals surface area (Å²) in [5, 5.41) is 0. The topological polar surface area (TPSA) is 78.1 Å². The summed E-state index contributed by atoms with van der Waals surface area (Å²) in [5.74, 6) is -0.360. The van der Waals surface area contributed by atoms with E-state index in [0.717, 1.165) is 5.69 Å². The highest BCUT2D eigenvalue weighted by atomic mass is 16.5. The first-order chi connectivity index (χ1) is 7.24. The third kappa shape index (κ3) is 4.03. The van der Waals surface area contributed by atoms with Crippen LogP contribution in [0.15, 0.2) is 18.6 Å². The van der Waals surface area contributed by atoms with Gasteiger partial charge in [0.1, 0.15) is 6.04 Å². The maximum Gasteiger partial charge on any atom is 0.322 e. The van der Waals surface area contributed by atoms with E-state index in [9.17, 15) is 4.79 Å². The first kappa shape index (κ1) is 11.6. The number of hydrogen-bond donors (Lipinski definition) is 1. The Morgan fingerprint density at radius 2 is 2.40 bits per heavy atom. The number of nitrogens with zero attached hydrogens (tertiary/aromatic N) is 2. The van der Waals surface area contributed by atoms with Crippen LogP contribution in [0.4, 0.5) is 0 Å². The summed E-state index contributed by atoms with van der Waals surface area (Å²) in [4.78, 5) is 19.2. The first-order valence-corrected chi connectivity index (χ1v) is 4.91. The van der Waals surface area contributed by atoms with Crippen molar-refractivity contribution in [1.82, 2.24) is 9.97 Å². The molecule has 1 heterocycles. The first-order valence-electron chi connectivity index (χ1n) is 4.91. The molecule has 0 radical (unpaired) electrons. The molecule has 1 unspecified atom stereocenters. The summed E-state index contributed by atoms with van der Waals surface area (Å²) in [5.41, 5.74) is 6.46. The van der Waals surface area contributed by atoms with Gasteiger partial charge in [0.2, 0.25) is 0 Å². The quantitative estimate of drug-likeness (QED) is 0.705. The molecule has 0 aliphatic heterocycles. The van der Waals surface area contributed by atoms with Gasteiger partial charge in [-0.1, -0.05) is 0 Å². The van der Waals surface area contributed by atoms with Crippen molar-refractivity contribution >= 4 is 5.97 Å². The maximum absolute atomic E-state index is 11.2. The van der Waals surface area contributed by atoms with Crippen LogP contribution in [-0.4, -0.2) is 28.6 Å². The van der Waals surface area contributed by atoms with E-state index in [1.54, 1.807) is 25.5 Å². The van der Waals surface area contributed by atoms with Gasteiger partial charge in [0.25, 0.3) is 0 Å². The molecule has 1 aromatic heterocycles. The van der Waals surface area contributed by atoms with Crippen molar-refractivity contribution in [2.45, 2.75) is 25.8 Å². The maximum atomic E-state index is 11.2. The monoisotopic (exact) mass is 209 g/mol. The van der Waals surface area contributed by atoms with E-state index in [1.165, 1.54) is 0 Å². The molecule has 5 nitrogen and oxygen atoms in total. The van der Waals surface area contributed by atoms with Gasteiger partial charge in [-0.3, -0.25) is 14.8 Å². The normalized spacial score (nSPS) is 12.1. The van der Waals surface area contributed by atoms with Gasteiger partial charge < -0.3 is 10.5 Å². The highest BCUT2D eigenvalue weighted by molar-refractivity contribution is 5.75. The predicted molar refractivity (Wildman–Crippen MR) is 55.0 cm³/mol. The molecule has 0 aliphatic carbocycles. The zero-order chi connectivity index (χ0) is 11.1. The number of aromatic nitrogens is 2. The highest BCUT2D eigenvalue weighted by Gasteiger charge is 2.14. The number of hydrogen-bond acceptors (Lipinski definition) is 5. The number of esters is 1. The lowest BCUT2D eigenvalue weighted by molar-refractivity contribution is -0.144. The van der Waals surface area contributed by atoms with Gasteiger partial charge in [-0.05, 0) is 19.8 Å². The summed E-state index contributed by atoms with van der Waals surface area (Å²) >= 11 is 0. The van der Waals surface area contributed by atoms with E-state index in [1.807, 2.05) is 0 Å². The number of carbonyl (C=O) groups is 1. The molecule has 0 amide bonds. The van der Waals surface area contributed by atoms with Crippen LogP contribution in [-0.2, 0) is 16.0 Å². The van der Waals surface area contributed by atoms with Crippen LogP contribution in [0.2, 0.25) is 0 Å². The third-order valence-corrected chi connectivity index (χ3v) is 1.92. The SMILES string of the molecule is CCOC(=O)C(N)CCc1cnccn1. The van der Waals surface area contributed by atoms with Crippen molar-refractivity contribution < 1.29 is 9.53 Å². The fourth-order valence-electron chi connectivity index (χ4n) is 1.13. The van der Waals surface area contributed by atoms with Crippen LogP contribution >= 0.6 is 0 Å². The Balaban J connectivity index is 2.34. The molecule has 15 heavy (non-hydrogen) atoms. The second-order valence-corrected chi connectivity index (χ2v) is 3.09. The minimum Gasteiger partial charge on any atom is -0.465 e. The van der Waals surface area contributed by atoms with Crippen LogP contribution < -0.4 is 5.73 Å². The fraction of sp³-hybridized carbons (Fsp3) is 0.500. The number of carbonyl (C=O) groups excluding carboxylic acids is 1. The minimum absolute atomic E-state index is 0.359. The molecule has 1 aromatic rings. The lowest BCUT2D eigenvalue weighted by Gasteiger charge is -2.09. The van der Waals surface area contributed by atoms with Crippen LogP contribution in [0.5, 0.6) is 0 Å². The lowest BCUT2D eigenvalue weighted by Crippen LogP contribution is -2.32. The molecule has 0 spiro atoms. The summed E-state index contributed by atoms with van der Waals surface area (Å²) in [6, 6.07) is -0.577. The Hall–Kier alpha value is -1.49. The molecule has 5 heteroatoms. The van der Waals surface area contributed by atoms with Gasteiger partial charge in [0.05, 0.1) is 12.3 Å². The number of aryl methyl sites for hydroxylation is 1. The van der Waals surface area contributed by atoms with Gasteiger partial charge >= 0.3 is 5.97 Å². The van der Waals surface area contributed by atoms with Crippen molar-refractivity contribution in [3.05, 3.63) is 24.3 Å². The van der Waals surface area contributed by atoms with E-state index in [-0.39, 0.29) is 5.97 Å². The van der Waals surface area contributed by atoms with Crippen molar-refractivity contribution in [3.63, 3.8) is 0 Å². The Kier molecular flexibility index (Phi) is 4.70. The second-order valence-electron chi connectivity index (χ2n) is 3.09. The molecule has 0 saturated heterocycles. The predicted octanol–water partition coefficient (Wildman–Crippen LogP) is 0.300. The van der Waals surface area contributed by atoms with Gasteiger partial charge in [0, 0.05) is 18.6 Å². The number of nitrogens with two attached hydrogens (primary N) is 1. The second kappa shape index (κ2) is 6.08. The zero-order valence-corrected chi connectivity index (χ0v) is 8.72. The molecular formula is C10H15N3O2. The molecule has 0 bridgehead atoms. The van der Waals surface area contributed by atoms with Gasteiger partial charge in [0.15, 0.2) is 0 Å². The standard InChI is InChI=1S/C10H15N3O2/c1-2-15-10(14)9(11)4-3-8-7-12-5-6-13-8/h5-7,9H,2-4,11H2,1H3. The van der Waals surface area contributed by atoms with Crippen molar-refractivity contribution in [3.8, 4) is 0 Å². The smallest absolute Gasteiger partial charge is 0.322 e. The lowest BCUT2D eigenvalue weighted by atomic mass is 10.1. The van der Waals surface area contributed by atoms with E-state index < -0.39 is 6.04 Å². The molecule has 0 aliphatic rings. The van der Waals surface area contributed by atoms with E-state index >= 15 is 0 Å². The molecule has 0 aromatic carbocycles. The molecule has 82 valence electrons. The Morgan fingerprint density at radius 3 is 3.00 bits per heavy atom. The molecule has 2 N–H and O–H groups in total. The Labute approximate surface area is 88.7 Å². The zero-order valence-electron chi connectivity index (χ0n) is 8.72. The van der Waals surface area contributed by atoms with Crippen molar-refractivity contribution in [2.24, 2.45) is 5.73 Å². The van der Waals surface area contributed by atoms with Crippen molar-refractivity contribution in [1.29, 1.82) is 0 Å². The van der Waals surface area contributed by atoms with Crippen LogP contribution in [0, 0.1) is 0 Å². The summed E-state index contributed by atoms with van der Waals surface area (Å²) < 4.78 is 4.79. The summed E-state index contributed by atoms with van der Waals surface area (Å²) in [6.07, 6.45) is 6.04. The van der Waals surface area contributed by atoms with E-state index in [0.29, 0.717) is 19.4 Å². The highest BCUT2D eigenvalue weighted by Crippen LogP contribution is 2.00. The van der Waals surface area contributed by atoms with E-state index in [4.69, 9.17) is 10.5 Å². The average Bonchev–Trinajstić information content (AvgIpc) is 2.27. The minimum atomic E-state index is -0.577. The van der Waals surface area contributed by atoms with Gasteiger partial charge in [-0.25, -0.2) is 0 Å². The fourth-order valence-corrected chi connectivity index (χ4v) is 1.13. The molecule has 1 rings (SSSR count). The average molecular weight is 209 g/mol. The number of ether oxygens (including phenoxy) is 1. The van der Waals surface area contributed by atoms with Crippen LogP contribution in [0.3, 0.4) is 0 Å². The Morgan fingerprint density at radius 1 is 1.60 bits per heavy atom. The Bertz CT molecular complexity index is 303. The van der Waals surface area contributed by atoms with Crippen molar-refractivity contribution in [2.75, 3.05) is 6.61 Å². The van der Waals surface area contributed by atoms with Crippen LogP contribution in [0.25, 0.3) is 0 Å². The van der Waals surface area contributed by atoms with Gasteiger partial charge in [-0.15, -0.1) is 0 Å². The molecule has 0 saturated carbocycles. The summed E-state index contributed by atoms with van der Waals surface area (Å²) in [6.45, 7) is 2.12. The number of rotatable bonds is 5.